The number of aromatic nitrogens is 2. The zero-order valence-electron chi connectivity index (χ0n) is 17.5. The number of ether oxygens (including phenoxy) is 2. The van der Waals surface area contributed by atoms with Gasteiger partial charge in [-0.1, -0.05) is 30.3 Å². The van der Waals surface area contributed by atoms with Gasteiger partial charge >= 0.3 is 17.8 Å². The molecule has 1 aromatic heterocycles. The van der Waals surface area contributed by atoms with Crippen molar-refractivity contribution in [2.24, 2.45) is 0 Å². The van der Waals surface area contributed by atoms with E-state index in [1.807, 2.05) is 30.3 Å². The molecule has 0 bridgehead atoms. The molecule has 2 aromatic rings. The molecule has 0 radical (unpaired) electrons. The van der Waals surface area contributed by atoms with Crippen LogP contribution in [0.2, 0.25) is 0 Å². The van der Waals surface area contributed by atoms with Crippen LogP contribution in [0.5, 0.6) is 0 Å². The number of methoxy groups -OCH3 is 2. The van der Waals surface area contributed by atoms with Crippen molar-refractivity contribution in [1.82, 2.24) is 14.9 Å². The molecule has 10 nitrogen and oxygen atoms in total. The topological polar surface area (TPSA) is 126 Å². The smallest absolute Gasteiger partial charge is 0.385 e. The fraction of sp³-hybridized carbons (Fsp3) is 0.286. The third-order valence-corrected chi connectivity index (χ3v) is 5.07. The first-order chi connectivity index (χ1) is 14.8. The van der Waals surface area contributed by atoms with Crippen LogP contribution in [0.15, 0.2) is 59.2 Å². The number of carbonyl (C=O) groups is 2. The van der Waals surface area contributed by atoms with Crippen LogP contribution in [0, 0.1) is 10.1 Å². The summed E-state index contributed by atoms with van der Waals surface area (Å²) in [5.74, 6) is -2.99. The van der Waals surface area contributed by atoms with E-state index in [1.165, 1.54) is 20.5 Å². The average molecular weight is 426 g/mol. The Bertz CT molecular complexity index is 1060. The van der Waals surface area contributed by atoms with Crippen molar-refractivity contribution < 1.29 is 24.0 Å². The number of hydrogen-bond donors (Lipinski definition) is 1. The van der Waals surface area contributed by atoms with Gasteiger partial charge in [-0.25, -0.2) is 9.59 Å². The predicted octanol–water partition coefficient (Wildman–Crippen LogP) is 2.42. The first-order valence-corrected chi connectivity index (χ1v) is 9.38. The monoisotopic (exact) mass is 426 g/mol. The highest BCUT2D eigenvalue weighted by Gasteiger charge is 2.43. The van der Waals surface area contributed by atoms with Crippen molar-refractivity contribution in [3.63, 3.8) is 0 Å². The molecule has 10 heteroatoms. The van der Waals surface area contributed by atoms with Gasteiger partial charge in [-0.3, -0.25) is 0 Å². The van der Waals surface area contributed by atoms with E-state index in [-0.39, 0.29) is 23.4 Å². The number of esters is 2. The van der Waals surface area contributed by atoms with E-state index in [1.54, 1.807) is 18.4 Å². The maximum Gasteiger partial charge on any atom is 0.385 e. The number of imidazole rings is 1. The Kier molecular flexibility index (Phi) is 6.19. The van der Waals surface area contributed by atoms with Gasteiger partial charge in [-0.15, -0.1) is 0 Å². The van der Waals surface area contributed by atoms with Gasteiger partial charge in [0, 0.05) is 11.4 Å². The lowest BCUT2D eigenvalue weighted by molar-refractivity contribution is -0.390. The first-order valence-electron chi connectivity index (χ1n) is 9.38. The van der Waals surface area contributed by atoms with Gasteiger partial charge in [-0.05, 0) is 29.3 Å². The molecule has 0 atom stereocenters. The Morgan fingerprint density at radius 1 is 1.10 bits per heavy atom. The van der Waals surface area contributed by atoms with Crippen LogP contribution in [-0.4, -0.2) is 40.6 Å². The molecule has 162 valence electrons. The van der Waals surface area contributed by atoms with Gasteiger partial charge in [-0.2, -0.15) is 0 Å². The van der Waals surface area contributed by atoms with Crippen molar-refractivity contribution in [1.29, 1.82) is 0 Å². The number of nitro groups is 1. The van der Waals surface area contributed by atoms with Crippen molar-refractivity contribution in [3.05, 3.63) is 80.6 Å². The third-order valence-electron chi connectivity index (χ3n) is 5.07. The lowest BCUT2D eigenvalue weighted by Crippen LogP contribution is -2.33. The molecule has 1 N–H and O–H groups in total. The summed E-state index contributed by atoms with van der Waals surface area (Å²) >= 11 is 0. The summed E-state index contributed by atoms with van der Waals surface area (Å²) in [6.07, 6.45) is 1.33. The number of dihydropyridines is 1. The van der Waals surface area contributed by atoms with E-state index in [9.17, 15) is 19.7 Å². The molecule has 0 fully saturated rings. The van der Waals surface area contributed by atoms with Crippen LogP contribution < -0.4 is 5.32 Å². The second kappa shape index (κ2) is 8.82. The van der Waals surface area contributed by atoms with E-state index in [0.717, 1.165) is 5.56 Å². The first kappa shape index (κ1) is 21.8. The van der Waals surface area contributed by atoms with Crippen molar-refractivity contribution >= 4 is 17.8 Å². The van der Waals surface area contributed by atoms with Gasteiger partial charge in [0.2, 0.25) is 6.33 Å². The molecule has 3 rings (SSSR count). The number of nitrogens with zero attached hydrogens (tertiary/aromatic N) is 3. The maximum absolute atomic E-state index is 12.7. The molecule has 0 saturated heterocycles. The standard InChI is InChI=1S/C21H22N4O6/c1-12-15(20(26)30-3)17(16(13(2)23-12)21(27)31-4)18-19(25(28)29)22-11-24(18)10-14-8-6-5-7-9-14/h5-9,11,17,23H,10H2,1-4H3. The Morgan fingerprint density at radius 3 is 2.13 bits per heavy atom. The molecule has 1 aromatic carbocycles. The fourth-order valence-corrected chi connectivity index (χ4v) is 3.75. The number of benzene rings is 1. The Morgan fingerprint density at radius 2 is 1.65 bits per heavy atom. The lowest BCUT2D eigenvalue weighted by atomic mass is 9.82. The van der Waals surface area contributed by atoms with Crippen LogP contribution in [0.25, 0.3) is 0 Å². The molecular weight excluding hydrogens is 404 g/mol. The van der Waals surface area contributed by atoms with E-state index in [2.05, 4.69) is 10.3 Å². The highest BCUT2D eigenvalue weighted by Crippen LogP contribution is 2.42. The summed E-state index contributed by atoms with van der Waals surface area (Å²) in [4.78, 5) is 40.6. The fourth-order valence-electron chi connectivity index (χ4n) is 3.75. The molecule has 0 amide bonds. The van der Waals surface area contributed by atoms with Crippen LogP contribution in [0.4, 0.5) is 5.82 Å². The van der Waals surface area contributed by atoms with E-state index >= 15 is 0 Å². The highest BCUT2D eigenvalue weighted by atomic mass is 16.6. The Hall–Kier alpha value is -3.95. The van der Waals surface area contributed by atoms with Crippen molar-refractivity contribution in [2.45, 2.75) is 26.3 Å². The average Bonchev–Trinajstić information content (AvgIpc) is 3.16. The van der Waals surface area contributed by atoms with Crippen LogP contribution in [-0.2, 0) is 25.6 Å². The molecule has 31 heavy (non-hydrogen) atoms. The van der Waals surface area contributed by atoms with Crippen molar-refractivity contribution in [2.75, 3.05) is 14.2 Å². The van der Waals surface area contributed by atoms with Gasteiger partial charge in [0.25, 0.3) is 0 Å². The molecule has 0 saturated carbocycles. The maximum atomic E-state index is 12.7. The summed E-state index contributed by atoms with van der Waals surface area (Å²) < 4.78 is 11.4. The molecule has 1 aliphatic heterocycles. The van der Waals surface area contributed by atoms with Crippen LogP contribution in [0.3, 0.4) is 0 Å². The number of rotatable bonds is 6. The third kappa shape index (κ3) is 4.04. The van der Waals surface area contributed by atoms with Crippen molar-refractivity contribution in [3.8, 4) is 0 Å². The summed E-state index contributed by atoms with van der Waals surface area (Å²) in [5.41, 5.74) is 1.95. The Balaban J connectivity index is 2.29. The minimum absolute atomic E-state index is 0.0754. The van der Waals surface area contributed by atoms with Crippen LogP contribution >= 0.6 is 0 Å². The summed E-state index contributed by atoms with van der Waals surface area (Å²) in [6.45, 7) is 3.53. The van der Waals surface area contributed by atoms with E-state index in [0.29, 0.717) is 11.4 Å². The Labute approximate surface area is 178 Å². The van der Waals surface area contributed by atoms with Gasteiger partial charge < -0.3 is 29.5 Å². The second-order valence-corrected chi connectivity index (χ2v) is 6.94. The zero-order chi connectivity index (χ0) is 22.7. The van der Waals surface area contributed by atoms with Crippen LogP contribution in [0.1, 0.15) is 31.0 Å². The summed E-state index contributed by atoms with van der Waals surface area (Å²) in [7, 11) is 2.41. The molecule has 0 spiro atoms. The van der Waals surface area contributed by atoms with E-state index < -0.39 is 28.6 Å². The minimum Gasteiger partial charge on any atom is -0.466 e. The normalized spacial score (nSPS) is 14.3. The van der Waals surface area contributed by atoms with E-state index in [4.69, 9.17) is 9.47 Å². The molecular formula is C21H22N4O6. The number of carbonyl (C=O) groups excluding carboxylic acids is 2. The molecule has 0 unspecified atom stereocenters. The second-order valence-electron chi connectivity index (χ2n) is 6.94. The largest absolute Gasteiger partial charge is 0.466 e. The molecule has 1 aliphatic rings. The van der Waals surface area contributed by atoms with Gasteiger partial charge in [0.15, 0.2) is 0 Å². The summed E-state index contributed by atoms with van der Waals surface area (Å²) in [6, 6.07) is 9.28. The molecule has 2 heterocycles. The summed E-state index contributed by atoms with van der Waals surface area (Å²) in [5, 5.41) is 14.8. The number of nitrogens with one attached hydrogen (secondary N) is 1. The van der Waals surface area contributed by atoms with Gasteiger partial charge in [0.05, 0.1) is 37.8 Å². The zero-order valence-corrected chi connectivity index (χ0v) is 17.5. The number of hydrogen-bond acceptors (Lipinski definition) is 8. The SMILES string of the molecule is COC(=O)C1=C(C)NC(C)=C(C(=O)OC)C1c1c([N+](=O)[O-])ncn1Cc1ccccc1. The van der Waals surface area contributed by atoms with Gasteiger partial charge in [0.1, 0.15) is 5.69 Å². The minimum atomic E-state index is -1.10. The number of allylic oxidation sites excluding steroid dienone is 2. The quantitative estimate of drug-likeness (QED) is 0.424. The lowest BCUT2D eigenvalue weighted by Gasteiger charge is -2.29. The highest BCUT2D eigenvalue weighted by molar-refractivity contribution is 6.00. The predicted molar refractivity (Wildman–Crippen MR) is 110 cm³/mol. The molecule has 0 aliphatic carbocycles.